The number of carbonyl (C=O) groups is 1. The van der Waals surface area contributed by atoms with Crippen molar-refractivity contribution in [1.29, 1.82) is 0 Å². The number of hydrogen-bond donors (Lipinski definition) is 7. The highest BCUT2D eigenvalue weighted by Gasteiger charge is 2.48. The van der Waals surface area contributed by atoms with Crippen LogP contribution < -0.4 is 14.9 Å². The highest BCUT2D eigenvalue weighted by atomic mass is 16.7. The number of ether oxygens (including phenoxy) is 4. The highest BCUT2D eigenvalue weighted by molar-refractivity contribution is 5.89. The Kier molecular flexibility index (Phi) is 8.83. The minimum absolute atomic E-state index is 0.00953. The fraction of sp³-hybridized carbons (Fsp3) is 0.226. The molecule has 3 aromatic carbocycles. The van der Waals surface area contributed by atoms with Crippen molar-refractivity contribution in [3.05, 3.63) is 76.5 Å². The van der Waals surface area contributed by atoms with E-state index in [-0.39, 0.29) is 34.2 Å². The number of phenols is 4. The standard InChI is InChI=1S/C31H28O14/c1-41-20-10-15(5-8-18(20)35)28-30(26(39)24-19(36)11-17(34)12-21(24)42-28)45-31-27(40)29(25(38)22(13-32)43-31)44-23(37)9-4-14-2-6-16(33)7-3-14/h2-12,22,25,27,29,31-36,38,40H,13H2,1H3/b9-4+/t22-,25-,27-,29+,31+/m1/s1. The van der Waals surface area contributed by atoms with E-state index in [9.17, 15) is 45.3 Å². The second-order valence-electron chi connectivity index (χ2n) is 9.96. The minimum atomic E-state index is -1.93. The highest BCUT2D eigenvalue weighted by Crippen LogP contribution is 2.39. The second kappa shape index (κ2) is 12.8. The first kappa shape index (κ1) is 31.2. The van der Waals surface area contributed by atoms with Gasteiger partial charge in [-0.05, 0) is 42.0 Å². The van der Waals surface area contributed by atoms with Crippen molar-refractivity contribution in [2.24, 2.45) is 0 Å². The van der Waals surface area contributed by atoms with Gasteiger partial charge < -0.3 is 59.1 Å². The molecule has 0 saturated carbocycles. The van der Waals surface area contributed by atoms with Crippen molar-refractivity contribution >= 4 is 23.0 Å². The zero-order valence-corrected chi connectivity index (χ0v) is 23.4. The molecule has 2 heterocycles. The molecule has 1 aliphatic heterocycles. The van der Waals surface area contributed by atoms with E-state index in [0.29, 0.717) is 5.56 Å². The Morgan fingerprint density at radius 1 is 0.933 bits per heavy atom. The third kappa shape index (κ3) is 6.34. The number of rotatable bonds is 8. The lowest BCUT2D eigenvalue weighted by molar-refractivity contribution is -0.280. The summed E-state index contributed by atoms with van der Waals surface area (Å²) in [4.78, 5) is 26.3. The molecule has 0 aliphatic carbocycles. The molecule has 236 valence electrons. The third-order valence-corrected chi connectivity index (χ3v) is 6.97. The molecule has 14 heteroatoms. The van der Waals surface area contributed by atoms with Crippen molar-refractivity contribution in [3.63, 3.8) is 0 Å². The molecule has 1 aromatic heterocycles. The van der Waals surface area contributed by atoms with E-state index in [1.165, 1.54) is 55.7 Å². The Labute approximate surface area is 253 Å². The first-order chi connectivity index (χ1) is 21.5. The van der Waals surface area contributed by atoms with Crippen molar-refractivity contribution in [1.82, 2.24) is 0 Å². The molecule has 7 N–H and O–H groups in total. The smallest absolute Gasteiger partial charge is 0.331 e. The Hall–Kier alpha value is -5.28. The van der Waals surface area contributed by atoms with E-state index in [1.807, 2.05) is 0 Å². The zero-order chi connectivity index (χ0) is 32.4. The summed E-state index contributed by atoms with van der Waals surface area (Å²) in [5, 5.41) is 71.2. The lowest BCUT2D eigenvalue weighted by Crippen LogP contribution is -2.61. The van der Waals surface area contributed by atoms with E-state index < -0.39 is 71.3 Å². The number of benzene rings is 3. The number of aromatic hydroxyl groups is 4. The average molecular weight is 625 g/mol. The van der Waals surface area contributed by atoms with Gasteiger partial charge in [-0.2, -0.15) is 0 Å². The van der Waals surface area contributed by atoms with Crippen LogP contribution in [0.1, 0.15) is 5.56 Å². The van der Waals surface area contributed by atoms with Crippen LogP contribution in [-0.4, -0.2) is 86.1 Å². The van der Waals surface area contributed by atoms with Crippen molar-refractivity contribution < 1.29 is 63.9 Å². The topological polar surface area (TPSA) is 226 Å². The van der Waals surface area contributed by atoms with Crippen LogP contribution in [0.4, 0.5) is 0 Å². The van der Waals surface area contributed by atoms with Gasteiger partial charge in [0.05, 0.1) is 13.7 Å². The van der Waals surface area contributed by atoms with E-state index in [2.05, 4.69) is 0 Å². The van der Waals surface area contributed by atoms with Gasteiger partial charge in [0.15, 0.2) is 29.5 Å². The van der Waals surface area contributed by atoms with Crippen LogP contribution in [-0.2, 0) is 14.3 Å². The molecule has 1 saturated heterocycles. The molecule has 5 atom stereocenters. The summed E-state index contributed by atoms with van der Waals surface area (Å²) >= 11 is 0. The number of carbonyl (C=O) groups excluding carboxylic acids is 1. The zero-order valence-electron chi connectivity index (χ0n) is 23.4. The number of esters is 1. The van der Waals surface area contributed by atoms with Crippen molar-refractivity contribution in [2.75, 3.05) is 13.7 Å². The van der Waals surface area contributed by atoms with E-state index >= 15 is 0 Å². The number of hydrogen-bond acceptors (Lipinski definition) is 14. The molecule has 0 spiro atoms. The molecule has 1 fully saturated rings. The van der Waals surface area contributed by atoms with Crippen LogP contribution in [0.25, 0.3) is 28.4 Å². The number of fused-ring (bicyclic) bond motifs is 1. The Morgan fingerprint density at radius 2 is 1.67 bits per heavy atom. The fourth-order valence-corrected chi connectivity index (χ4v) is 4.71. The summed E-state index contributed by atoms with van der Waals surface area (Å²) in [7, 11) is 1.29. The van der Waals surface area contributed by atoms with Gasteiger partial charge in [-0.1, -0.05) is 12.1 Å². The molecule has 0 radical (unpaired) electrons. The van der Waals surface area contributed by atoms with Crippen LogP contribution >= 0.6 is 0 Å². The van der Waals surface area contributed by atoms with Gasteiger partial charge in [-0.15, -0.1) is 0 Å². The van der Waals surface area contributed by atoms with Crippen LogP contribution in [0.2, 0.25) is 0 Å². The van der Waals surface area contributed by atoms with Crippen LogP contribution in [0.5, 0.6) is 34.5 Å². The van der Waals surface area contributed by atoms with Gasteiger partial charge in [0, 0.05) is 23.8 Å². The van der Waals surface area contributed by atoms with Gasteiger partial charge in [-0.25, -0.2) is 4.79 Å². The summed E-state index contributed by atoms with van der Waals surface area (Å²) < 4.78 is 27.6. The van der Waals surface area contributed by atoms with Gasteiger partial charge >= 0.3 is 5.97 Å². The number of aliphatic hydroxyl groups excluding tert-OH is 3. The van der Waals surface area contributed by atoms with Gasteiger partial charge in [0.25, 0.3) is 0 Å². The van der Waals surface area contributed by atoms with Crippen LogP contribution in [0, 0.1) is 0 Å². The maximum Gasteiger partial charge on any atom is 0.331 e. The van der Waals surface area contributed by atoms with Crippen LogP contribution in [0.15, 0.2) is 69.9 Å². The molecule has 45 heavy (non-hydrogen) atoms. The molecule has 14 nitrogen and oxygen atoms in total. The Morgan fingerprint density at radius 3 is 2.36 bits per heavy atom. The molecule has 5 rings (SSSR count). The summed E-state index contributed by atoms with van der Waals surface area (Å²) in [6.07, 6.45) is -6.30. The molecular weight excluding hydrogens is 596 g/mol. The van der Waals surface area contributed by atoms with E-state index in [1.54, 1.807) is 0 Å². The predicted octanol–water partition coefficient (Wildman–Crippen LogP) is 1.73. The fourth-order valence-electron chi connectivity index (χ4n) is 4.71. The van der Waals surface area contributed by atoms with Gasteiger partial charge in [0.2, 0.25) is 17.5 Å². The quantitative estimate of drug-likeness (QED) is 0.110. The monoisotopic (exact) mass is 624 g/mol. The minimum Gasteiger partial charge on any atom is -0.508 e. The summed E-state index contributed by atoms with van der Waals surface area (Å²) in [5.41, 5.74) is -0.561. The SMILES string of the molecule is COc1cc(-c2oc3cc(O)cc(O)c3c(=O)c2O[C@@H]2O[C@H](CO)[C@@H](O)[C@H](OC(=O)/C=C/c3ccc(O)cc3)[C@H]2O)ccc1O. The molecule has 0 bridgehead atoms. The van der Waals surface area contributed by atoms with Crippen LogP contribution in [0.3, 0.4) is 0 Å². The summed E-state index contributed by atoms with van der Waals surface area (Å²) in [6, 6.07) is 11.7. The maximum atomic E-state index is 13.7. The number of phenolic OH excluding ortho intramolecular Hbond substituents is 4. The summed E-state index contributed by atoms with van der Waals surface area (Å²) in [5.74, 6) is -3.21. The van der Waals surface area contributed by atoms with Gasteiger partial charge in [0.1, 0.15) is 40.4 Å². The maximum absolute atomic E-state index is 13.7. The Balaban J connectivity index is 1.52. The lowest BCUT2D eigenvalue weighted by atomic mass is 9.99. The second-order valence-corrected chi connectivity index (χ2v) is 9.96. The van der Waals surface area contributed by atoms with Crippen molar-refractivity contribution in [3.8, 4) is 45.8 Å². The normalized spacial score (nSPS) is 21.6. The predicted molar refractivity (Wildman–Crippen MR) is 155 cm³/mol. The molecule has 0 amide bonds. The Bertz CT molecular complexity index is 1800. The first-order valence-electron chi connectivity index (χ1n) is 13.4. The average Bonchev–Trinajstić information content (AvgIpc) is 3.01. The number of aliphatic hydroxyl groups is 3. The molecule has 0 unspecified atom stereocenters. The number of methoxy groups -OCH3 is 1. The molecule has 4 aromatic rings. The van der Waals surface area contributed by atoms with E-state index in [4.69, 9.17) is 23.4 Å². The molecular formula is C31H28O14. The van der Waals surface area contributed by atoms with E-state index in [0.717, 1.165) is 18.2 Å². The molecule has 1 aliphatic rings. The van der Waals surface area contributed by atoms with Gasteiger partial charge in [-0.3, -0.25) is 4.79 Å². The largest absolute Gasteiger partial charge is 0.508 e. The van der Waals surface area contributed by atoms with Crippen molar-refractivity contribution in [2.45, 2.75) is 30.7 Å². The third-order valence-electron chi connectivity index (χ3n) is 6.97. The first-order valence-corrected chi connectivity index (χ1v) is 13.4. The lowest BCUT2D eigenvalue weighted by Gasteiger charge is -2.41. The summed E-state index contributed by atoms with van der Waals surface area (Å²) in [6.45, 7) is -0.806.